The van der Waals surface area contributed by atoms with Gasteiger partial charge in [-0.2, -0.15) is 0 Å². The number of imidazole rings is 1. The smallest absolute Gasteiger partial charge is 0.230 e. The Labute approximate surface area is 188 Å². The Balaban J connectivity index is 1.23. The number of piperidine rings is 1. The maximum absolute atomic E-state index is 13.3. The molecule has 0 spiro atoms. The van der Waals surface area contributed by atoms with Crippen LogP contribution in [-0.2, 0) is 16.1 Å². The molecule has 0 bridgehead atoms. The number of aromatic nitrogens is 2. The molecule has 2 saturated heterocycles. The van der Waals surface area contributed by atoms with Gasteiger partial charge in [-0.3, -0.25) is 9.59 Å². The Bertz CT molecular complexity index is 1110. The van der Waals surface area contributed by atoms with Crippen molar-refractivity contribution in [3.8, 4) is 0 Å². The van der Waals surface area contributed by atoms with Crippen molar-refractivity contribution in [3.63, 3.8) is 0 Å². The third kappa shape index (κ3) is 3.90. The molecular formula is C26H30N4O2. The van der Waals surface area contributed by atoms with Crippen molar-refractivity contribution in [1.82, 2.24) is 19.4 Å². The van der Waals surface area contributed by atoms with E-state index >= 15 is 0 Å². The average molecular weight is 431 g/mol. The zero-order chi connectivity index (χ0) is 22.1. The average Bonchev–Trinajstić information content (AvgIpc) is 3.46. The van der Waals surface area contributed by atoms with E-state index in [0.29, 0.717) is 25.4 Å². The Morgan fingerprint density at radius 2 is 1.84 bits per heavy atom. The fraction of sp³-hybridized carbons (Fsp3) is 0.423. The number of rotatable bonds is 5. The highest BCUT2D eigenvalue weighted by Gasteiger charge is 2.43. The van der Waals surface area contributed by atoms with Gasteiger partial charge in [0.05, 0.1) is 29.3 Å². The third-order valence-electron chi connectivity index (χ3n) is 7.18. The van der Waals surface area contributed by atoms with Crippen LogP contribution in [0.25, 0.3) is 11.0 Å². The van der Waals surface area contributed by atoms with Gasteiger partial charge in [0.25, 0.3) is 0 Å². The number of nitrogens with zero attached hydrogens (tertiary/aromatic N) is 4. The Kier molecular flexibility index (Phi) is 5.68. The minimum atomic E-state index is -0.158. The van der Waals surface area contributed by atoms with Gasteiger partial charge < -0.3 is 14.4 Å². The van der Waals surface area contributed by atoms with Crippen molar-refractivity contribution in [2.75, 3.05) is 19.6 Å². The van der Waals surface area contributed by atoms with Crippen LogP contribution in [0.4, 0.5) is 0 Å². The van der Waals surface area contributed by atoms with Crippen molar-refractivity contribution >= 4 is 22.8 Å². The zero-order valence-electron chi connectivity index (χ0n) is 18.6. The second kappa shape index (κ2) is 8.77. The van der Waals surface area contributed by atoms with Crippen LogP contribution >= 0.6 is 0 Å². The molecule has 0 radical (unpaired) electrons. The Hall–Kier alpha value is -3.15. The Morgan fingerprint density at radius 1 is 1.06 bits per heavy atom. The molecule has 3 heterocycles. The standard InChI is InChI=1S/C26H30N4O2/c1-19(20-8-3-2-4-9-20)26(32)30-14-7-10-21-16-29(17-24(21)30)25(31)13-15-28-18-27-22-11-5-6-12-23(22)28/h2-6,8-9,11-12,18-19,21,24H,7,10,13-17H2,1H3/t19-,21+,24-/m1/s1. The zero-order valence-corrected chi connectivity index (χ0v) is 18.6. The number of likely N-dealkylation sites (tertiary alicyclic amines) is 2. The van der Waals surface area contributed by atoms with Crippen LogP contribution in [0.2, 0.25) is 0 Å². The van der Waals surface area contributed by atoms with Gasteiger partial charge in [-0.05, 0) is 43.4 Å². The number of amides is 2. The molecule has 0 N–H and O–H groups in total. The largest absolute Gasteiger partial charge is 0.340 e. The molecule has 0 aliphatic carbocycles. The highest BCUT2D eigenvalue weighted by atomic mass is 16.2. The van der Waals surface area contributed by atoms with E-state index < -0.39 is 0 Å². The predicted octanol–water partition coefficient (Wildman–Crippen LogP) is 3.68. The molecule has 6 heteroatoms. The molecule has 2 fully saturated rings. The summed E-state index contributed by atoms with van der Waals surface area (Å²) in [5.74, 6) is 0.577. The molecule has 3 atom stereocenters. The first-order chi connectivity index (χ1) is 15.6. The predicted molar refractivity (Wildman–Crippen MR) is 124 cm³/mol. The van der Waals surface area contributed by atoms with Gasteiger partial charge in [0.2, 0.25) is 11.8 Å². The van der Waals surface area contributed by atoms with Gasteiger partial charge in [0.15, 0.2) is 0 Å². The van der Waals surface area contributed by atoms with E-state index in [1.165, 1.54) is 0 Å². The molecule has 5 rings (SSSR count). The minimum Gasteiger partial charge on any atom is -0.340 e. The summed E-state index contributed by atoms with van der Waals surface area (Å²) in [6.07, 6.45) is 4.36. The maximum Gasteiger partial charge on any atom is 0.230 e. The lowest BCUT2D eigenvalue weighted by molar-refractivity contribution is -0.137. The normalized spacial score (nSPS) is 21.5. The van der Waals surface area contributed by atoms with E-state index in [1.54, 1.807) is 0 Å². The van der Waals surface area contributed by atoms with E-state index in [2.05, 4.69) is 9.88 Å². The second-order valence-corrected chi connectivity index (χ2v) is 9.11. The summed E-state index contributed by atoms with van der Waals surface area (Å²) in [6, 6.07) is 18.1. The number of hydrogen-bond acceptors (Lipinski definition) is 3. The van der Waals surface area contributed by atoms with Gasteiger partial charge in [0.1, 0.15) is 0 Å². The molecule has 2 amide bonds. The summed E-state index contributed by atoms with van der Waals surface area (Å²) in [5, 5.41) is 0. The summed E-state index contributed by atoms with van der Waals surface area (Å²) < 4.78 is 2.05. The number of benzene rings is 2. The van der Waals surface area contributed by atoms with E-state index in [9.17, 15) is 9.59 Å². The molecule has 0 unspecified atom stereocenters. The summed E-state index contributed by atoms with van der Waals surface area (Å²) in [5.41, 5.74) is 3.06. The lowest BCUT2D eigenvalue weighted by Gasteiger charge is -2.38. The molecule has 2 aliphatic heterocycles. The van der Waals surface area contributed by atoms with Crippen molar-refractivity contribution in [2.24, 2.45) is 5.92 Å². The maximum atomic E-state index is 13.3. The molecular weight excluding hydrogens is 400 g/mol. The van der Waals surface area contributed by atoms with Gasteiger partial charge in [-0.15, -0.1) is 0 Å². The first kappa shape index (κ1) is 20.7. The first-order valence-corrected chi connectivity index (χ1v) is 11.6. The lowest BCUT2D eigenvalue weighted by atomic mass is 9.90. The minimum absolute atomic E-state index is 0.139. The number of hydrogen-bond donors (Lipinski definition) is 0. The van der Waals surface area contributed by atoms with Crippen molar-refractivity contribution in [3.05, 3.63) is 66.5 Å². The number of carbonyl (C=O) groups is 2. The van der Waals surface area contributed by atoms with Gasteiger partial charge in [-0.25, -0.2) is 4.98 Å². The molecule has 6 nitrogen and oxygen atoms in total. The van der Waals surface area contributed by atoms with E-state index in [1.807, 2.05) is 77.3 Å². The van der Waals surface area contributed by atoms with Crippen LogP contribution < -0.4 is 0 Å². The van der Waals surface area contributed by atoms with Crippen molar-refractivity contribution in [1.29, 1.82) is 0 Å². The van der Waals surface area contributed by atoms with Crippen LogP contribution in [0, 0.1) is 5.92 Å². The lowest BCUT2D eigenvalue weighted by Crippen LogP contribution is -2.49. The molecule has 166 valence electrons. The van der Waals surface area contributed by atoms with Crippen LogP contribution in [0.15, 0.2) is 60.9 Å². The number of aryl methyl sites for hydroxylation is 1. The van der Waals surface area contributed by atoms with E-state index in [0.717, 1.165) is 42.5 Å². The van der Waals surface area contributed by atoms with Crippen LogP contribution in [0.3, 0.4) is 0 Å². The molecule has 2 aliphatic rings. The quantitative estimate of drug-likeness (QED) is 0.620. The molecule has 1 aromatic heterocycles. The summed E-state index contributed by atoms with van der Waals surface area (Å²) >= 11 is 0. The fourth-order valence-corrected chi connectivity index (χ4v) is 5.35. The van der Waals surface area contributed by atoms with Gasteiger partial charge in [0, 0.05) is 32.6 Å². The molecule has 32 heavy (non-hydrogen) atoms. The van der Waals surface area contributed by atoms with Crippen molar-refractivity contribution in [2.45, 2.75) is 44.7 Å². The Morgan fingerprint density at radius 3 is 2.69 bits per heavy atom. The SMILES string of the molecule is C[C@@H](C(=O)N1CCC[C@H]2CN(C(=O)CCn3cnc4ccccc43)C[C@H]21)c1ccccc1. The second-order valence-electron chi connectivity index (χ2n) is 9.11. The first-order valence-electron chi connectivity index (χ1n) is 11.6. The van der Waals surface area contributed by atoms with Gasteiger partial charge >= 0.3 is 0 Å². The van der Waals surface area contributed by atoms with E-state index in [4.69, 9.17) is 0 Å². The highest BCUT2D eigenvalue weighted by molar-refractivity contribution is 5.84. The number of para-hydroxylation sites is 2. The fourth-order valence-electron chi connectivity index (χ4n) is 5.35. The number of carbonyl (C=O) groups excluding carboxylic acids is 2. The third-order valence-corrected chi connectivity index (χ3v) is 7.18. The van der Waals surface area contributed by atoms with Crippen LogP contribution in [0.5, 0.6) is 0 Å². The van der Waals surface area contributed by atoms with Crippen LogP contribution in [0.1, 0.15) is 37.7 Å². The summed E-state index contributed by atoms with van der Waals surface area (Å²) in [7, 11) is 0. The molecule has 2 aromatic carbocycles. The van der Waals surface area contributed by atoms with E-state index in [-0.39, 0.29) is 23.8 Å². The highest BCUT2D eigenvalue weighted by Crippen LogP contribution is 2.33. The van der Waals surface area contributed by atoms with Crippen LogP contribution in [-0.4, -0.2) is 56.8 Å². The monoisotopic (exact) mass is 430 g/mol. The van der Waals surface area contributed by atoms with Gasteiger partial charge in [-0.1, -0.05) is 42.5 Å². The summed E-state index contributed by atoms with van der Waals surface area (Å²) in [6.45, 7) is 4.83. The summed E-state index contributed by atoms with van der Waals surface area (Å²) in [4.78, 5) is 34.8. The molecule has 0 saturated carbocycles. The van der Waals surface area contributed by atoms with Crippen molar-refractivity contribution < 1.29 is 9.59 Å². The topological polar surface area (TPSA) is 58.4 Å². The number of fused-ring (bicyclic) bond motifs is 2. The molecule has 3 aromatic rings.